The van der Waals surface area contributed by atoms with E-state index in [1.807, 2.05) is 42.5 Å². The number of phenols is 1. The third kappa shape index (κ3) is 3.46. The normalized spacial score (nSPS) is 15.6. The van der Waals surface area contributed by atoms with Crippen LogP contribution < -0.4 is 4.74 Å². The number of benzene rings is 3. The number of imide groups is 1. The Morgan fingerprint density at radius 3 is 2.57 bits per heavy atom. The van der Waals surface area contributed by atoms with E-state index in [0.29, 0.717) is 16.2 Å². The van der Waals surface area contributed by atoms with Crippen molar-refractivity contribution in [1.82, 2.24) is 4.90 Å². The molecule has 28 heavy (non-hydrogen) atoms. The first-order valence-electron chi connectivity index (χ1n) is 8.65. The number of phenolic OH excluding ortho intramolecular Hbond substituents is 1. The molecule has 1 saturated heterocycles. The van der Waals surface area contributed by atoms with Crippen LogP contribution in [0.4, 0.5) is 4.79 Å². The molecule has 0 atom stereocenters. The van der Waals surface area contributed by atoms with Crippen molar-refractivity contribution in [3.05, 3.63) is 76.7 Å². The molecule has 0 bridgehead atoms. The largest absolute Gasteiger partial charge is 0.504 e. The second-order valence-electron chi connectivity index (χ2n) is 6.38. The van der Waals surface area contributed by atoms with Gasteiger partial charge in [-0.2, -0.15) is 0 Å². The Kier molecular flexibility index (Phi) is 4.79. The SMILES string of the molecule is COc1ccc(/C=C2\SC(=O)N(Cc3ccc4ccccc4c3)C2=O)cc1O. The molecule has 0 aliphatic carbocycles. The summed E-state index contributed by atoms with van der Waals surface area (Å²) >= 11 is 0.901. The van der Waals surface area contributed by atoms with Gasteiger partial charge in [0.25, 0.3) is 11.1 Å². The third-order valence-electron chi connectivity index (χ3n) is 4.53. The highest BCUT2D eigenvalue weighted by molar-refractivity contribution is 8.18. The summed E-state index contributed by atoms with van der Waals surface area (Å²) in [6.45, 7) is 0.223. The molecule has 1 N–H and O–H groups in total. The smallest absolute Gasteiger partial charge is 0.293 e. The second kappa shape index (κ2) is 7.40. The van der Waals surface area contributed by atoms with Crippen molar-refractivity contribution in [2.45, 2.75) is 6.54 Å². The maximum atomic E-state index is 12.7. The number of fused-ring (bicyclic) bond motifs is 1. The molecule has 3 aromatic carbocycles. The Balaban J connectivity index is 1.57. The number of carbonyl (C=O) groups excluding carboxylic acids is 2. The maximum absolute atomic E-state index is 12.7. The Bertz CT molecular complexity index is 1120. The molecule has 2 amide bonds. The average molecular weight is 391 g/mol. The molecule has 6 heteroatoms. The van der Waals surface area contributed by atoms with Crippen LogP contribution in [0.15, 0.2) is 65.6 Å². The van der Waals surface area contributed by atoms with Gasteiger partial charge in [0.1, 0.15) is 0 Å². The molecule has 0 saturated carbocycles. The topological polar surface area (TPSA) is 66.8 Å². The lowest BCUT2D eigenvalue weighted by Gasteiger charge is -2.13. The van der Waals surface area contributed by atoms with Crippen LogP contribution >= 0.6 is 11.8 Å². The van der Waals surface area contributed by atoms with Gasteiger partial charge in [0, 0.05) is 0 Å². The van der Waals surface area contributed by atoms with Gasteiger partial charge in [0.2, 0.25) is 0 Å². The van der Waals surface area contributed by atoms with Crippen LogP contribution in [0.25, 0.3) is 16.8 Å². The number of amides is 2. The summed E-state index contributed by atoms with van der Waals surface area (Å²) in [5.41, 5.74) is 1.51. The highest BCUT2D eigenvalue weighted by Crippen LogP contribution is 2.35. The molecular weight excluding hydrogens is 374 g/mol. The summed E-state index contributed by atoms with van der Waals surface area (Å²) in [6, 6.07) is 18.7. The Morgan fingerprint density at radius 2 is 1.82 bits per heavy atom. The Morgan fingerprint density at radius 1 is 1.04 bits per heavy atom. The summed E-state index contributed by atoms with van der Waals surface area (Å²) in [7, 11) is 1.47. The number of aromatic hydroxyl groups is 1. The van der Waals surface area contributed by atoms with Crippen molar-refractivity contribution >= 4 is 39.8 Å². The predicted molar refractivity (Wildman–Crippen MR) is 110 cm³/mol. The highest BCUT2D eigenvalue weighted by atomic mass is 32.2. The molecule has 1 aliphatic rings. The van der Waals surface area contributed by atoms with Crippen molar-refractivity contribution in [2.24, 2.45) is 0 Å². The number of carbonyl (C=O) groups is 2. The summed E-state index contributed by atoms with van der Waals surface area (Å²) in [5, 5.41) is 11.8. The highest BCUT2D eigenvalue weighted by Gasteiger charge is 2.35. The Labute approximate surface area is 166 Å². The van der Waals surface area contributed by atoms with E-state index in [1.165, 1.54) is 18.1 Å². The molecule has 1 fully saturated rings. The molecule has 5 nitrogen and oxygen atoms in total. The first kappa shape index (κ1) is 18.1. The lowest BCUT2D eigenvalue weighted by atomic mass is 10.1. The predicted octanol–water partition coefficient (Wildman–Crippen LogP) is 4.79. The van der Waals surface area contributed by atoms with Gasteiger partial charge in [0.15, 0.2) is 11.5 Å². The maximum Gasteiger partial charge on any atom is 0.293 e. The summed E-state index contributed by atoms with van der Waals surface area (Å²) in [6.07, 6.45) is 1.60. The fourth-order valence-corrected chi connectivity index (χ4v) is 3.94. The number of thioether (sulfide) groups is 1. The summed E-state index contributed by atoms with van der Waals surface area (Å²) in [5.74, 6) is -0.00772. The van der Waals surface area contributed by atoms with Crippen molar-refractivity contribution in [3.63, 3.8) is 0 Å². The lowest BCUT2D eigenvalue weighted by Crippen LogP contribution is -2.27. The summed E-state index contributed by atoms with van der Waals surface area (Å²) in [4.78, 5) is 26.7. The zero-order valence-corrected chi connectivity index (χ0v) is 15.9. The van der Waals surface area contributed by atoms with Gasteiger partial charge in [-0.3, -0.25) is 14.5 Å². The number of hydrogen-bond acceptors (Lipinski definition) is 5. The number of rotatable bonds is 4. The molecule has 0 radical (unpaired) electrons. The van der Waals surface area contributed by atoms with Gasteiger partial charge < -0.3 is 9.84 Å². The van der Waals surface area contributed by atoms with E-state index < -0.39 is 0 Å². The van der Waals surface area contributed by atoms with Crippen LogP contribution in [0, 0.1) is 0 Å². The van der Waals surface area contributed by atoms with Gasteiger partial charge in [-0.25, -0.2) is 0 Å². The van der Waals surface area contributed by atoms with E-state index >= 15 is 0 Å². The van der Waals surface area contributed by atoms with Crippen LogP contribution in [0.1, 0.15) is 11.1 Å². The molecule has 3 aromatic rings. The third-order valence-corrected chi connectivity index (χ3v) is 5.44. The zero-order valence-electron chi connectivity index (χ0n) is 15.1. The van der Waals surface area contributed by atoms with Crippen LogP contribution in [-0.4, -0.2) is 28.3 Å². The fourth-order valence-electron chi connectivity index (χ4n) is 3.10. The second-order valence-corrected chi connectivity index (χ2v) is 7.37. The molecule has 140 valence electrons. The van der Waals surface area contributed by atoms with Gasteiger partial charge in [-0.05, 0) is 57.9 Å². The molecule has 1 aliphatic heterocycles. The van der Waals surface area contributed by atoms with Crippen LogP contribution in [-0.2, 0) is 11.3 Å². The number of hydrogen-bond donors (Lipinski definition) is 1. The monoisotopic (exact) mass is 391 g/mol. The first-order chi connectivity index (χ1) is 13.5. The Hall–Kier alpha value is -3.25. The van der Waals surface area contributed by atoms with Gasteiger partial charge in [-0.1, -0.05) is 42.5 Å². The quantitative estimate of drug-likeness (QED) is 0.648. The zero-order chi connectivity index (χ0) is 19.7. The van der Waals surface area contributed by atoms with Crippen molar-refractivity contribution < 1.29 is 19.4 Å². The van der Waals surface area contributed by atoms with E-state index in [-0.39, 0.29) is 23.4 Å². The van der Waals surface area contributed by atoms with Crippen molar-refractivity contribution in [2.75, 3.05) is 7.11 Å². The van der Waals surface area contributed by atoms with E-state index in [0.717, 1.165) is 28.1 Å². The van der Waals surface area contributed by atoms with Gasteiger partial charge in [0.05, 0.1) is 18.6 Å². The van der Waals surface area contributed by atoms with Crippen molar-refractivity contribution in [3.8, 4) is 11.5 Å². The van der Waals surface area contributed by atoms with Crippen LogP contribution in [0.2, 0.25) is 0 Å². The minimum atomic E-state index is -0.335. The molecule has 0 aromatic heterocycles. The minimum absolute atomic E-state index is 0.0216. The summed E-state index contributed by atoms with van der Waals surface area (Å²) < 4.78 is 5.02. The molecule has 4 rings (SSSR count). The van der Waals surface area contributed by atoms with E-state index in [9.17, 15) is 14.7 Å². The van der Waals surface area contributed by atoms with Crippen molar-refractivity contribution in [1.29, 1.82) is 0 Å². The molecular formula is C22H17NO4S. The van der Waals surface area contributed by atoms with Gasteiger partial charge in [-0.15, -0.1) is 0 Å². The number of nitrogens with zero attached hydrogens (tertiary/aromatic N) is 1. The fraction of sp³-hybridized carbons (Fsp3) is 0.0909. The van der Waals surface area contributed by atoms with E-state index in [1.54, 1.807) is 18.2 Å². The van der Waals surface area contributed by atoms with E-state index in [2.05, 4.69) is 0 Å². The average Bonchev–Trinajstić information content (AvgIpc) is 2.95. The van der Waals surface area contributed by atoms with Crippen LogP contribution in [0.5, 0.6) is 11.5 Å². The first-order valence-corrected chi connectivity index (χ1v) is 9.47. The lowest BCUT2D eigenvalue weighted by molar-refractivity contribution is -0.123. The molecule has 0 unspecified atom stereocenters. The van der Waals surface area contributed by atoms with E-state index in [4.69, 9.17) is 4.74 Å². The molecule has 0 spiro atoms. The number of ether oxygens (including phenoxy) is 1. The van der Waals surface area contributed by atoms with Crippen LogP contribution in [0.3, 0.4) is 0 Å². The van der Waals surface area contributed by atoms with Gasteiger partial charge >= 0.3 is 0 Å². The number of methoxy groups -OCH3 is 1. The standard InChI is InChI=1S/C22H17NO4S/c1-27-19-9-7-14(11-18(19)24)12-20-21(25)23(22(26)28-20)13-15-6-8-16-4-2-3-5-17(16)10-15/h2-12,24H,13H2,1H3/b20-12-. The molecule has 1 heterocycles. The minimum Gasteiger partial charge on any atom is -0.504 e.